The lowest BCUT2D eigenvalue weighted by Crippen LogP contribution is -2.09. The van der Waals surface area contributed by atoms with Gasteiger partial charge < -0.3 is 0 Å². The maximum Gasteiger partial charge on any atom is -0.0136 e. The maximum absolute atomic E-state index is 2.33. The number of benzene rings is 2. The van der Waals surface area contributed by atoms with Gasteiger partial charge in [0.1, 0.15) is 0 Å². The van der Waals surface area contributed by atoms with E-state index in [1.54, 1.807) is 0 Å². The highest BCUT2D eigenvalue weighted by atomic mass is 14.2. The van der Waals surface area contributed by atoms with Crippen LogP contribution in [0.2, 0.25) is 0 Å². The Labute approximate surface area is 123 Å². The molecule has 0 heteroatoms. The molecular formula is C20H26. The second kappa shape index (κ2) is 6.74. The minimum Gasteiger partial charge on any atom is -0.0628 e. The van der Waals surface area contributed by atoms with Crippen LogP contribution in [0.25, 0.3) is 11.1 Å². The molecule has 0 nitrogen and oxygen atoms in total. The predicted molar refractivity (Wildman–Crippen MR) is 88.9 cm³/mol. The van der Waals surface area contributed by atoms with Crippen LogP contribution >= 0.6 is 0 Å². The van der Waals surface area contributed by atoms with Crippen LogP contribution < -0.4 is 0 Å². The summed E-state index contributed by atoms with van der Waals surface area (Å²) in [6.45, 7) is 9.29. The molecule has 1 atom stereocenters. The van der Waals surface area contributed by atoms with Crippen molar-refractivity contribution in [3.05, 3.63) is 60.2 Å². The van der Waals surface area contributed by atoms with Gasteiger partial charge in [-0.1, -0.05) is 82.3 Å². The van der Waals surface area contributed by atoms with Crippen LogP contribution in [-0.4, -0.2) is 0 Å². The Morgan fingerprint density at radius 1 is 0.700 bits per heavy atom. The SMILES string of the molecule is CC(C)CC(c1ccc(-c2ccccc2)cc1)C(C)C. The molecule has 0 aliphatic rings. The average molecular weight is 266 g/mol. The van der Waals surface area contributed by atoms with Crippen molar-refractivity contribution in [3.63, 3.8) is 0 Å². The summed E-state index contributed by atoms with van der Waals surface area (Å²) in [4.78, 5) is 0. The predicted octanol–water partition coefficient (Wildman–Crippen LogP) is 6.14. The molecule has 0 fully saturated rings. The fourth-order valence-corrected chi connectivity index (χ4v) is 2.85. The summed E-state index contributed by atoms with van der Waals surface area (Å²) >= 11 is 0. The van der Waals surface area contributed by atoms with Crippen molar-refractivity contribution in [1.29, 1.82) is 0 Å². The Morgan fingerprint density at radius 3 is 1.75 bits per heavy atom. The third-order valence-electron chi connectivity index (χ3n) is 3.98. The van der Waals surface area contributed by atoms with Crippen molar-refractivity contribution in [3.8, 4) is 11.1 Å². The minimum atomic E-state index is 0.667. The lowest BCUT2D eigenvalue weighted by atomic mass is 9.82. The van der Waals surface area contributed by atoms with Crippen molar-refractivity contribution >= 4 is 0 Å². The topological polar surface area (TPSA) is 0 Å². The Morgan fingerprint density at radius 2 is 1.25 bits per heavy atom. The molecule has 2 rings (SSSR count). The zero-order valence-corrected chi connectivity index (χ0v) is 13.1. The summed E-state index contributed by atoms with van der Waals surface area (Å²) in [5, 5.41) is 0. The van der Waals surface area contributed by atoms with Crippen LogP contribution in [0.15, 0.2) is 54.6 Å². The smallest absolute Gasteiger partial charge is 0.0136 e. The monoisotopic (exact) mass is 266 g/mol. The zero-order valence-electron chi connectivity index (χ0n) is 13.1. The van der Waals surface area contributed by atoms with Crippen molar-refractivity contribution < 1.29 is 0 Å². The van der Waals surface area contributed by atoms with Gasteiger partial charge in [-0.15, -0.1) is 0 Å². The van der Waals surface area contributed by atoms with E-state index >= 15 is 0 Å². The van der Waals surface area contributed by atoms with E-state index in [1.807, 2.05) is 0 Å². The van der Waals surface area contributed by atoms with Crippen LogP contribution in [-0.2, 0) is 0 Å². The van der Waals surface area contributed by atoms with Gasteiger partial charge in [0, 0.05) is 0 Å². The molecule has 1 unspecified atom stereocenters. The molecule has 20 heavy (non-hydrogen) atoms. The molecule has 0 saturated heterocycles. The first-order valence-electron chi connectivity index (χ1n) is 7.73. The molecule has 0 bridgehead atoms. The van der Waals surface area contributed by atoms with Crippen molar-refractivity contribution in [2.24, 2.45) is 11.8 Å². The fourth-order valence-electron chi connectivity index (χ4n) is 2.85. The first-order chi connectivity index (χ1) is 9.58. The highest BCUT2D eigenvalue weighted by Gasteiger charge is 2.17. The maximum atomic E-state index is 2.33. The van der Waals surface area contributed by atoms with Crippen LogP contribution in [0.5, 0.6) is 0 Å². The minimum absolute atomic E-state index is 0.667. The highest BCUT2D eigenvalue weighted by Crippen LogP contribution is 2.32. The fraction of sp³-hybridized carbons (Fsp3) is 0.400. The lowest BCUT2D eigenvalue weighted by Gasteiger charge is -2.23. The molecule has 0 amide bonds. The Bertz CT molecular complexity index is 505. The van der Waals surface area contributed by atoms with Gasteiger partial charge in [0.25, 0.3) is 0 Å². The van der Waals surface area contributed by atoms with Crippen LogP contribution in [0, 0.1) is 11.8 Å². The van der Waals surface area contributed by atoms with E-state index in [0.717, 1.165) is 5.92 Å². The van der Waals surface area contributed by atoms with Gasteiger partial charge >= 0.3 is 0 Å². The van der Waals surface area contributed by atoms with Gasteiger partial charge in [0.2, 0.25) is 0 Å². The lowest BCUT2D eigenvalue weighted by molar-refractivity contribution is 0.408. The zero-order chi connectivity index (χ0) is 14.5. The van der Waals surface area contributed by atoms with E-state index in [9.17, 15) is 0 Å². The third-order valence-corrected chi connectivity index (χ3v) is 3.98. The summed E-state index contributed by atoms with van der Waals surface area (Å²) in [6.07, 6.45) is 1.27. The molecule has 0 N–H and O–H groups in total. The van der Waals surface area contributed by atoms with E-state index < -0.39 is 0 Å². The van der Waals surface area contributed by atoms with Gasteiger partial charge in [-0.3, -0.25) is 0 Å². The van der Waals surface area contributed by atoms with Gasteiger partial charge in [-0.05, 0) is 40.9 Å². The van der Waals surface area contributed by atoms with Crippen LogP contribution in [0.4, 0.5) is 0 Å². The van der Waals surface area contributed by atoms with Gasteiger partial charge in [0.15, 0.2) is 0 Å². The molecule has 2 aromatic rings. The van der Waals surface area contributed by atoms with Gasteiger partial charge in [0.05, 0.1) is 0 Å². The normalized spacial score (nSPS) is 12.9. The first-order valence-corrected chi connectivity index (χ1v) is 7.73. The average Bonchev–Trinajstić information content (AvgIpc) is 2.45. The molecular weight excluding hydrogens is 240 g/mol. The third kappa shape index (κ3) is 3.72. The van der Waals surface area contributed by atoms with Crippen LogP contribution in [0.1, 0.15) is 45.6 Å². The molecule has 0 spiro atoms. The standard InChI is InChI=1S/C20H26/c1-15(2)14-20(16(3)4)19-12-10-18(11-13-19)17-8-6-5-7-9-17/h5-13,15-16,20H,14H2,1-4H3. The van der Waals surface area contributed by atoms with E-state index in [0.29, 0.717) is 11.8 Å². The summed E-state index contributed by atoms with van der Waals surface area (Å²) in [5.74, 6) is 2.11. The molecule has 0 radical (unpaired) electrons. The second-order valence-corrected chi connectivity index (χ2v) is 6.47. The molecule has 106 valence electrons. The quantitative estimate of drug-likeness (QED) is 0.609. The number of hydrogen-bond donors (Lipinski definition) is 0. The van der Waals surface area contributed by atoms with E-state index in [4.69, 9.17) is 0 Å². The second-order valence-electron chi connectivity index (χ2n) is 6.47. The van der Waals surface area contributed by atoms with Crippen molar-refractivity contribution in [2.75, 3.05) is 0 Å². The van der Waals surface area contributed by atoms with Gasteiger partial charge in [-0.2, -0.15) is 0 Å². The molecule has 0 aromatic heterocycles. The van der Waals surface area contributed by atoms with Gasteiger partial charge in [-0.25, -0.2) is 0 Å². The Balaban J connectivity index is 2.22. The number of hydrogen-bond acceptors (Lipinski definition) is 0. The molecule has 2 aromatic carbocycles. The highest BCUT2D eigenvalue weighted by molar-refractivity contribution is 5.63. The summed E-state index contributed by atoms with van der Waals surface area (Å²) in [6, 6.07) is 19.8. The Kier molecular flexibility index (Phi) is 5.00. The molecule has 0 saturated carbocycles. The number of rotatable bonds is 5. The van der Waals surface area contributed by atoms with Crippen molar-refractivity contribution in [1.82, 2.24) is 0 Å². The first kappa shape index (κ1) is 14.8. The molecule has 0 heterocycles. The Hall–Kier alpha value is -1.56. The van der Waals surface area contributed by atoms with E-state index in [-0.39, 0.29) is 0 Å². The van der Waals surface area contributed by atoms with E-state index in [2.05, 4.69) is 82.3 Å². The molecule has 0 aliphatic carbocycles. The molecule has 0 aliphatic heterocycles. The van der Waals surface area contributed by atoms with Crippen LogP contribution in [0.3, 0.4) is 0 Å². The van der Waals surface area contributed by atoms with Crippen molar-refractivity contribution in [2.45, 2.75) is 40.0 Å². The summed E-state index contributed by atoms with van der Waals surface area (Å²) in [7, 11) is 0. The van der Waals surface area contributed by atoms with E-state index in [1.165, 1.54) is 23.1 Å². The summed E-state index contributed by atoms with van der Waals surface area (Å²) < 4.78 is 0. The largest absolute Gasteiger partial charge is 0.0628 e. The summed E-state index contributed by atoms with van der Waals surface area (Å²) in [5.41, 5.74) is 4.08.